The van der Waals surface area contributed by atoms with E-state index in [2.05, 4.69) is 15.9 Å². The van der Waals surface area contributed by atoms with Crippen molar-refractivity contribution in [1.82, 2.24) is 4.90 Å². The molecule has 0 saturated carbocycles. The van der Waals surface area contributed by atoms with Gasteiger partial charge in [0, 0.05) is 22.8 Å². The summed E-state index contributed by atoms with van der Waals surface area (Å²) in [6.45, 7) is 0. The number of rotatable bonds is 4. The highest BCUT2D eigenvalue weighted by atomic mass is 79.9. The normalized spacial score (nSPS) is 22.2. The number of thioether (sulfide) groups is 1. The quantitative estimate of drug-likeness (QED) is 0.407. The number of benzene rings is 2. The van der Waals surface area contributed by atoms with Gasteiger partial charge in [0.15, 0.2) is 5.78 Å². The molecule has 1 saturated heterocycles. The summed E-state index contributed by atoms with van der Waals surface area (Å²) in [4.78, 5) is 29.2. The number of piperidine rings is 1. The van der Waals surface area contributed by atoms with Gasteiger partial charge in [0.05, 0.1) is 5.02 Å². The fourth-order valence-corrected chi connectivity index (χ4v) is 6.21. The predicted molar refractivity (Wildman–Crippen MR) is 123 cm³/mol. The van der Waals surface area contributed by atoms with Crippen molar-refractivity contribution < 1.29 is 9.59 Å². The molecule has 1 fully saturated rings. The van der Waals surface area contributed by atoms with E-state index < -0.39 is 10.8 Å². The van der Waals surface area contributed by atoms with Crippen molar-refractivity contribution in [2.24, 2.45) is 0 Å². The fraction of sp³-hybridized carbons (Fsp3) is 0.182. The van der Waals surface area contributed by atoms with Crippen molar-refractivity contribution in [3.05, 3.63) is 86.0 Å². The number of halogens is 2. The molecule has 3 aromatic rings. The SMILES string of the molecule is CN1C(=O)C(Sc2ccccc2Cl)C(=O)CC1(c1ccsc1)c1cccc(Br)c1. The second kappa shape index (κ2) is 8.26. The van der Waals surface area contributed by atoms with Crippen LogP contribution < -0.4 is 0 Å². The van der Waals surface area contributed by atoms with E-state index in [0.717, 1.165) is 20.5 Å². The Bertz CT molecular complexity index is 1070. The minimum absolute atomic E-state index is 0.0933. The van der Waals surface area contributed by atoms with Crippen LogP contribution in [0.2, 0.25) is 5.02 Å². The van der Waals surface area contributed by atoms with Crippen LogP contribution in [0.15, 0.2) is 74.7 Å². The topological polar surface area (TPSA) is 37.4 Å². The molecule has 29 heavy (non-hydrogen) atoms. The summed E-state index contributed by atoms with van der Waals surface area (Å²) in [5, 5.41) is 3.73. The van der Waals surface area contributed by atoms with Gasteiger partial charge in [0.25, 0.3) is 0 Å². The lowest BCUT2D eigenvalue weighted by atomic mass is 9.75. The molecule has 7 heteroatoms. The van der Waals surface area contributed by atoms with Crippen LogP contribution in [0.4, 0.5) is 0 Å². The van der Waals surface area contributed by atoms with Gasteiger partial charge in [-0.15, -0.1) is 11.8 Å². The van der Waals surface area contributed by atoms with E-state index in [1.54, 1.807) is 29.4 Å². The Balaban J connectivity index is 1.77. The van der Waals surface area contributed by atoms with Gasteiger partial charge in [-0.2, -0.15) is 11.3 Å². The Morgan fingerprint density at radius 1 is 1.14 bits per heavy atom. The first-order valence-corrected chi connectivity index (χ1v) is 11.9. The van der Waals surface area contributed by atoms with E-state index in [9.17, 15) is 9.59 Å². The highest BCUT2D eigenvalue weighted by Gasteiger charge is 2.51. The zero-order chi connectivity index (χ0) is 20.6. The van der Waals surface area contributed by atoms with Crippen molar-refractivity contribution in [2.45, 2.75) is 22.1 Å². The van der Waals surface area contributed by atoms with Crippen LogP contribution in [-0.2, 0) is 15.1 Å². The zero-order valence-corrected chi connectivity index (χ0v) is 19.4. The van der Waals surface area contributed by atoms with Gasteiger partial charge >= 0.3 is 0 Å². The number of carbonyl (C=O) groups is 2. The van der Waals surface area contributed by atoms with E-state index in [-0.39, 0.29) is 18.1 Å². The lowest BCUT2D eigenvalue weighted by molar-refractivity contribution is -0.144. The number of thiophene rings is 1. The maximum Gasteiger partial charge on any atom is 0.244 e. The molecular weight excluding hydrogens is 490 g/mol. The Labute approximate surface area is 191 Å². The third-order valence-corrected chi connectivity index (χ3v) is 8.16. The second-order valence-corrected chi connectivity index (χ2v) is 10.1. The molecule has 148 valence electrons. The van der Waals surface area contributed by atoms with E-state index in [1.807, 2.05) is 59.3 Å². The molecule has 0 bridgehead atoms. The molecular formula is C22H17BrClNO2S2. The average Bonchev–Trinajstić information content (AvgIpc) is 3.24. The van der Waals surface area contributed by atoms with Crippen LogP contribution in [0.1, 0.15) is 17.5 Å². The Morgan fingerprint density at radius 2 is 1.93 bits per heavy atom. The Kier molecular flexibility index (Phi) is 5.89. The molecule has 0 N–H and O–H groups in total. The summed E-state index contributed by atoms with van der Waals surface area (Å²) in [6.07, 6.45) is 0.213. The fourth-order valence-electron chi connectivity index (χ4n) is 3.75. The summed E-state index contributed by atoms with van der Waals surface area (Å²) >= 11 is 12.6. The number of Topliss-reactive ketones (excluding diaryl/α,β-unsaturated/α-hetero) is 1. The molecule has 2 aromatic carbocycles. The average molecular weight is 507 g/mol. The van der Waals surface area contributed by atoms with E-state index in [1.165, 1.54) is 11.8 Å². The number of nitrogens with zero attached hydrogens (tertiary/aromatic N) is 1. The minimum Gasteiger partial charge on any atom is -0.330 e. The number of hydrogen-bond donors (Lipinski definition) is 0. The standard InChI is InChI=1S/C22H17BrClNO2S2/c1-25-21(27)20(29-19-8-3-2-7-17(19)24)18(26)12-22(25,15-9-10-28-13-15)14-5-4-6-16(23)11-14/h2-11,13,20H,12H2,1H3. The molecule has 1 aliphatic heterocycles. The summed E-state index contributed by atoms with van der Waals surface area (Å²) < 4.78 is 0.908. The van der Waals surface area contributed by atoms with Crippen LogP contribution in [0.3, 0.4) is 0 Å². The summed E-state index contributed by atoms with van der Waals surface area (Å²) in [5.41, 5.74) is 1.04. The van der Waals surface area contributed by atoms with E-state index in [4.69, 9.17) is 11.6 Å². The zero-order valence-electron chi connectivity index (χ0n) is 15.5. The Morgan fingerprint density at radius 3 is 2.62 bits per heavy atom. The maximum atomic E-state index is 13.5. The van der Waals surface area contributed by atoms with Gasteiger partial charge < -0.3 is 4.90 Å². The lowest BCUT2D eigenvalue weighted by Gasteiger charge is -2.47. The number of carbonyl (C=O) groups excluding carboxylic acids is 2. The van der Waals surface area contributed by atoms with Crippen molar-refractivity contribution in [3.8, 4) is 0 Å². The molecule has 4 rings (SSSR count). The summed E-state index contributed by atoms with van der Waals surface area (Å²) in [5.74, 6) is -0.304. The highest BCUT2D eigenvalue weighted by molar-refractivity contribution is 9.10. The van der Waals surface area contributed by atoms with Gasteiger partial charge in [-0.05, 0) is 52.2 Å². The molecule has 1 amide bonds. The van der Waals surface area contributed by atoms with Crippen LogP contribution >= 0.6 is 50.6 Å². The molecule has 1 aliphatic rings. The van der Waals surface area contributed by atoms with Gasteiger partial charge in [-0.25, -0.2) is 0 Å². The maximum absolute atomic E-state index is 13.5. The molecule has 1 aromatic heterocycles. The number of hydrogen-bond acceptors (Lipinski definition) is 4. The molecule has 2 unspecified atom stereocenters. The molecule has 0 spiro atoms. The van der Waals surface area contributed by atoms with Crippen molar-refractivity contribution >= 4 is 62.3 Å². The molecule has 3 nitrogen and oxygen atoms in total. The summed E-state index contributed by atoms with van der Waals surface area (Å²) in [6, 6.07) is 17.1. The van der Waals surface area contributed by atoms with Crippen LogP contribution in [0.5, 0.6) is 0 Å². The first-order valence-electron chi connectivity index (χ1n) is 8.94. The first-order chi connectivity index (χ1) is 13.9. The van der Waals surface area contributed by atoms with E-state index in [0.29, 0.717) is 5.02 Å². The Hall–Kier alpha value is -1.60. The second-order valence-electron chi connectivity index (χ2n) is 6.85. The van der Waals surface area contributed by atoms with E-state index >= 15 is 0 Å². The highest BCUT2D eigenvalue weighted by Crippen LogP contribution is 2.46. The third-order valence-electron chi connectivity index (χ3n) is 5.23. The van der Waals surface area contributed by atoms with Gasteiger partial charge in [-0.1, -0.05) is 51.8 Å². The van der Waals surface area contributed by atoms with Crippen LogP contribution in [-0.4, -0.2) is 28.9 Å². The van der Waals surface area contributed by atoms with Gasteiger partial charge in [-0.3, -0.25) is 9.59 Å². The lowest BCUT2D eigenvalue weighted by Crippen LogP contribution is -2.58. The summed E-state index contributed by atoms with van der Waals surface area (Å²) in [7, 11) is 1.79. The third kappa shape index (κ3) is 3.67. The van der Waals surface area contributed by atoms with Crippen molar-refractivity contribution in [1.29, 1.82) is 0 Å². The first kappa shape index (κ1) is 20.7. The van der Waals surface area contributed by atoms with Gasteiger partial charge in [0.1, 0.15) is 10.8 Å². The van der Waals surface area contributed by atoms with Gasteiger partial charge in [0.2, 0.25) is 5.91 Å². The number of likely N-dealkylation sites (tertiary alicyclic amines) is 1. The molecule has 0 radical (unpaired) electrons. The largest absolute Gasteiger partial charge is 0.330 e. The molecule has 0 aliphatic carbocycles. The predicted octanol–water partition coefficient (Wildman–Crippen LogP) is 6.00. The molecule has 2 atom stereocenters. The number of amides is 1. The number of ketones is 1. The van der Waals surface area contributed by atoms with Crippen LogP contribution in [0.25, 0.3) is 0 Å². The van der Waals surface area contributed by atoms with Crippen molar-refractivity contribution in [2.75, 3.05) is 7.05 Å². The smallest absolute Gasteiger partial charge is 0.244 e. The monoisotopic (exact) mass is 505 g/mol. The van der Waals surface area contributed by atoms with Crippen molar-refractivity contribution in [3.63, 3.8) is 0 Å². The van der Waals surface area contributed by atoms with Crippen LogP contribution in [0, 0.1) is 0 Å². The minimum atomic E-state index is -0.824. The molecule has 2 heterocycles.